The normalized spacial score (nSPS) is 12.8. The van der Waals surface area contributed by atoms with Gasteiger partial charge in [0, 0.05) is 23.1 Å². The van der Waals surface area contributed by atoms with Crippen molar-refractivity contribution in [2.24, 2.45) is 0 Å². The molecule has 49 heavy (non-hydrogen) atoms. The third kappa shape index (κ3) is 14.4. The maximum absolute atomic E-state index is 12.1. The SMILES string of the molecule is CCCCC#CC1=C(c2cc(CC)cc(CCCC)c2)[N+](=[N-])C(c2cc(CC)cc(CCCC)c2)=C1CCCC.CCC[O][Pd][O]CCC. The van der Waals surface area contributed by atoms with Gasteiger partial charge in [0.25, 0.3) is 0 Å². The number of allylic oxidation sites excluding steroid dienone is 2. The zero-order chi connectivity index (χ0) is 35.9. The molecule has 0 saturated carbocycles. The first-order valence-electron chi connectivity index (χ1n) is 19.5. The van der Waals surface area contributed by atoms with Gasteiger partial charge in [0.05, 0.1) is 0 Å². The Balaban J connectivity index is 0.000000811. The second kappa shape index (κ2) is 25.6. The predicted octanol–water partition coefficient (Wildman–Crippen LogP) is 12.8. The van der Waals surface area contributed by atoms with E-state index in [-0.39, 0.29) is 18.7 Å². The molecule has 1 aliphatic heterocycles. The molecule has 0 spiro atoms. The molecule has 5 heteroatoms. The van der Waals surface area contributed by atoms with E-state index in [2.05, 4.69) is 104 Å². The summed E-state index contributed by atoms with van der Waals surface area (Å²) < 4.78 is 11.7. The van der Waals surface area contributed by atoms with E-state index in [9.17, 15) is 5.53 Å². The summed E-state index contributed by atoms with van der Waals surface area (Å²) in [6.45, 7) is 19.3. The number of rotatable bonds is 21. The van der Waals surface area contributed by atoms with Crippen LogP contribution in [0.1, 0.15) is 166 Å². The van der Waals surface area contributed by atoms with Gasteiger partial charge in [0.15, 0.2) is 0 Å². The minimum atomic E-state index is 0.0746. The van der Waals surface area contributed by atoms with Crippen molar-refractivity contribution < 1.29 is 30.3 Å². The van der Waals surface area contributed by atoms with Gasteiger partial charge in [-0.25, -0.2) is 4.70 Å². The standard InChI is InChI=1S/C38H52N2.2C3H7O.Pd/c1-7-13-17-18-22-36-35(21-16-10-4)37(33-25-29(11-5)23-31(27-33)19-14-8-2)40(39)38(36)34-26-30(12-6)24-32(28-34)20-15-9-3;2*1-2-3-4;/h23-28H,7-17,19-21H2,1-6H3;2*2-3H2,1H3;/q;2*-1;+2. The summed E-state index contributed by atoms with van der Waals surface area (Å²) >= 11 is 0.0746. The molecule has 2 aromatic rings. The monoisotopic (exact) mass is 760 g/mol. The zero-order valence-corrected chi connectivity index (χ0v) is 33.8. The molecule has 0 aromatic heterocycles. The number of hydrogen-bond acceptors (Lipinski definition) is 2. The fourth-order valence-corrected chi connectivity index (χ4v) is 6.81. The van der Waals surface area contributed by atoms with E-state index in [0.29, 0.717) is 0 Å². The van der Waals surface area contributed by atoms with Crippen LogP contribution in [0.5, 0.6) is 0 Å². The van der Waals surface area contributed by atoms with Crippen LogP contribution in [0.2, 0.25) is 0 Å². The Labute approximate surface area is 310 Å². The van der Waals surface area contributed by atoms with Crippen molar-refractivity contribution in [3.8, 4) is 11.8 Å². The van der Waals surface area contributed by atoms with Crippen LogP contribution >= 0.6 is 0 Å². The molecular weight excluding hydrogens is 695 g/mol. The van der Waals surface area contributed by atoms with Crippen LogP contribution in [0.15, 0.2) is 47.5 Å². The van der Waals surface area contributed by atoms with Crippen molar-refractivity contribution in [3.05, 3.63) is 86.5 Å². The van der Waals surface area contributed by atoms with E-state index in [0.717, 1.165) is 118 Å². The summed E-state index contributed by atoms with van der Waals surface area (Å²) in [7, 11) is 0. The summed E-state index contributed by atoms with van der Waals surface area (Å²) in [5.74, 6) is 7.09. The van der Waals surface area contributed by atoms with E-state index in [1.165, 1.54) is 58.2 Å². The van der Waals surface area contributed by atoms with E-state index < -0.39 is 0 Å². The topological polar surface area (TPSA) is 43.8 Å². The third-order valence-corrected chi connectivity index (χ3v) is 9.62. The molecule has 0 radical (unpaired) electrons. The van der Waals surface area contributed by atoms with Crippen LogP contribution in [0, 0.1) is 11.8 Å². The van der Waals surface area contributed by atoms with Gasteiger partial charge in [0.2, 0.25) is 11.4 Å². The zero-order valence-electron chi connectivity index (χ0n) is 32.2. The molecule has 3 rings (SSSR count). The van der Waals surface area contributed by atoms with Gasteiger partial charge in [-0.3, -0.25) is 0 Å². The van der Waals surface area contributed by atoms with Crippen molar-refractivity contribution >= 4 is 11.4 Å². The molecular formula is C44H66N2O2Pd. The Bertz CT molecular complexity index is 1410. The van der Waals surface area contributed by atoms with Crippen LogP contribution in [0.25, 0.3) is 16.9 Å². The molecule has 0 N–H and O–H groups in total. The Morgan fingerprint density at radius 3 is 1.51 bits per heavy atom. The summed E-state index contributed by atoms with van der Waals surface area (Å²) in [5, 5.41) is 0. The first-order valence-corrected chi connectivity index (χ1v) is 20.7. The number of hydrogen-bond donors (Lipinski definition) is 0. The van der Waals surface area contributed by atoms with Crippen molar-refractivity contribution in [2.45, 2.75) is 158 Å². The second-order valence-electron chi connectivity index (χ2n) is 13.0. The molecule has 0 amide bonds. The van der Waals surface area contributed by atoms with Gasteiger partial charge in [-0.1, -0.05) is 91.2 Å². The summed E-state index contributed by atoms with van der Waals surface area (Å²) in [6, 6.07) is 13.9. The van der Waals surface area contributed by atoms with E-state index in [1.54, 1.807) is 0 Å². The van der Waals surface area contributed by atoms with Crippen LogP contribution in [0.3, 0.4) is 0 Å². The van der Waals surface area contributed by atoms with Gasteiger partial charge < -0.3 is 5.53 Å². The van der Waals surface area contributed by atoms with Crippen LogP contribution in [0.4, 0.5) is 0 Å². The second-order valence-corrected chi connectivity index (χ2v) is 14.2. The average molecular weight is 761 g/mol. The summed E-state index contributed by atoms with van der Waals surface area (Å²) in [5.41, 5.74) is 23.7. The molecule has 1 heterocycles. The molecule has 2 aromatic carbocycles. The Hall–Kier alpha value is -2.34. The minimum absolute atomic E-state index is 0.0746. The number of nitrogens with zero attached hydrogens (tertiary/aromatic N) is 2. The van der Waals surface area contributed by atoms with Gasteiger partial charge in [-0.05, 0) is 104 Å². The molecule has 0 atom stereocenters. The quantitative estimate of drug-likeness (QED) is 0.0550. The van der Waals surface area contributed by atoms with Crippen molar-refractivity contribution in [3.63, 3.8) is 0 Å². The van der Waals surface area contributed by atoms with Gasteiger partial charge in [-0.2, -0.15) is 0 Å². The van der Waals surface area contributed by atoms with Crippen LogP contribution in [-0.4, -0.2) is 17.9 Å². The Morgan fingerprint density at radius 1 is 0.571 bits per heavy atom. The molecule has 0 unspecified atom stereocenters. The maximum atomic E-state index is 12.1. The molecule has 0 saturated heterocycles. The van der Waals surface area contributed by atoms with Crippen LogP contribution in [-0.2, 0) is 51.3 Å². The first-order chi connectivity index (χ1) is 23.9. The van der Waals surface area contributed by atoms with Crippen LogP contribution < -0.4 is 0 Å². The summed E-state index contributed by atoms with van der Waals surface area (Å²) in [4.78, 5) is 0. The van der Waals surface area contributed by atoms with Crippen molar-refractivity contribution in [1.82, 2.24) is 0 Å². The van der Waals surface area contributed by atoms with E-state index in [1.807, 2.05) is 0 Å². The molecule has 0 fully saturated rings. The number of benzene rings is 2. The van der Waals surface area contributed by atoms with Gasteiger partial charge in [0.1, 0.15) is 5.57 Å². The number of aryl methyl sites for hydroxylation is 4. The number of unbranched alkanes of at least 4 members (excludes halogenated alkanes) is 5. The van der Waals surface area contributed by atoms with E-state index in [4.69, 9.17) is 6.92 Å². The fourth-order valence-electron chi connectivity index (χ4n) is 5.78. The van der Waals surface area contributed by atoms with Crippen molar-refractivity contribution in [1.29, 1.82) is 0 Å². The van der Waals surface area contributed by atoms with Crippen molar-refractivity contribution in [2.75, 3.05) is 13.2 Å². The molecule has 0 aliphatic carbocycles. The fraction of sp³-hybridized carbons (Fsp3) is 0.591. The molecule has 274 valence electrons. The van der Waals surface area contributed by atoms with Gasteiger partial charge in [-0.15, -0.1) is 0 Å². The predicted molar refractivity (Wildman–Crippen MR) is 206 cm³/mol. The first kappa shape index (κ1) is 42.8. The summed E-state index contributed by atoms with van der Waals surface area (Å²) in [6.07, 6.45) is 17.2. The molecule has 1 aliphatic rings. The third-order valence-electron chi connectivity index (χ3n) is 8.62. The Morgan fingerprint density at radius 2 is 1.04 bits per heavy atom. The van der Waals surface area contributed by atoms with Gasteiger partial charge >= 0.3 is 65.5 Å². The molecule has 4 nitrogen and oxygen atoms in total. The van der Waals surface area contributed by atoms with E-state index >= 15 is 0 Å². The molecule has 0 bridgehead atoms. The Kier molecular flexibility index (Phi) is 22.4. The average Bonchev–Trinajstić information content (AvgIpc) is 3.40.